The van der Waals surface area contributed by atoms with Crippen LogP contribution < -0.4 is 10.1 Å². The molecule has 0 radical (unpaired) electrons. The van der Waals surface area contributed by atoms with Gasteiger partial charge in [-0.15, -0.1) is 0 Å². The Morgan fingerprint density at radius 2 is 2.13 bits per heavy atom. The fourth-order valence-electron chi connectivity index (χ4n) is 3.92. The molecule has 4 heteroatoms. The van der Waals surface area contributed by atoms with E-state index in [0.717, 1.165) is 44.8 Å². The highest BCUT2D eigenvalue weighted by Crippen LogP contribution is 2.36. The van der Waals surface area contributed by atoms with Crippen molar-refractivity contribution in [1.82, 2.24) is 10.2 Å². The maximum absolute atomic E-state index is 12.4. The molecule has 2 aliphatic heterocycles. The summed E-state index contributed by atoms with van der Waals surface area (Å²) >= 11 is 0. The summed E-state index contributed by atoms with van der Waals surface area (Å²) in [5.74, 6) is 1.22. The number of hydrogen-bond acceptors (Lipinski definition) is 3. The van der Waals surface area contributed by atoms with Gasteiger partial charge in [0.15, 0.2) is 0 Å². The molecule has 3 rings (SSSR count). The second kappa shape index (κ2) is 7.35. The van der Waals surface area contributed by atoms with Crippen LogP contribution in [0.3, 0.4) is 0 Å². The Balaban J connectivity index is 1.42. The summed E-state index contributed by atoms with van der Waals surface area (Å²) in [6.07, 6.45) is 6.23. The number of nitrogens with zero attached hydrogens (tertiary/aromatic N) is 1. The van der Waals surface area contributed by atoms with Crippen molar-refractivity contribution in [2.45, 2.75) is 38.5 Å². The largest absolute Gasteiger partial charge is 0.497 e. The summed E-state index contributed by atoms with van der Waals surface area (Å²) in [5, 5.41) is 3.50. The molecule has 1 N–H and O–H groups in total. The summed E-state index contributed by atoms with van der Waals surface area (Å²) in [6, 6.07) is 8.14. The van der Waals surface area contributed by atoms with Crippen molar-refractivity contribution in [2.24, 2.45) is 5.41 Å². The van der Waals surface area contributed by atoms with E-state index >= 15 is 0 Å². The van der Waals surface area contributed by atoms with Crippen LogP contribution in [0.2, 0.25) is 0 Å². The first kappa shape index (κ1) is 16.3. The fraction of sp³-hybridized carbons (Fsp3) is 0.632. The van der Waals surface area contributed by atoms with E-state index in [-0.39, 0.29) is 0 Å². The van der Waals surface area contributed by atoms with Crippen LogP contribution >= 0.6 is 0 Å². The monoisotopic (exact) mass is 316 g/mol. The SMILES string of the molecule is COc1ccc(CCCC(=O)N2CC[C@]3(CCCNC3)C2)cc1. The standard InChI is InChI=1S/C19H28N2O2/c1-23-17-8-6-16(7-9-17)4-2-5-18(22)21-13-11-19(15-21)10-3-12-20-14-19/h6-9,20H,2-5,10-15H2,1H3/t19-/m0/s1. The number of amides is 1. The maximum atomic E-state index is 12.4. The summed E-state index contributed by atoms with van der Waals surface area (Å²) in [6.45, 7) is 4.13. The number of methoxy groups -OCH3 is 1. The first-order valence-corrected chi connectivity index (χ1v) is 8.82. The lowest BCUT2D eigenvalue weighted by Crippen LogP contribution is -2.42. The topological polar surface area (TPSA) is 41.6 Å². The highest BCUT2D eigenvalue weighted by atomic mass is 16.5. The third-order valence-corrected chi connectivity index (χ3v) is 5.37. The normalized spacial score (nSPS) is 24.1. The van der Waals surface area contributed by atoms with E-state index < -0.39 is 0 Å². The molecule has 1 aromatic carbocycles. The van der Waals surface area contributed by atoms with Gasteiger partial charge >= 0.3 is 0 Å². The molecule has 0 unspecified atom stereocenters. The summed E-state index contributed by atoms with van der Waals surface area (Å²) < 4.78 is 5.17. The van der Waals surface area contributed by atoms with Crippen LogP contribution in [0.5, 0.6) is 5.75 Å². The van der Waals surface area contributed by atoms with Crippen molar-refractivity contribution >= 4 is 5.91 Å². The van der Waals surface area contributed by atoms with Gasteiger partial charge in [-0.1, -0.05) is 12.1 Å². The zero-order valence-corrected chi connectivity index (χ0v) is 14.1. The zero-order chi connectivity index (χ0) is 16.1. The molecule has 1 amide bonds. The van der Waals surface area contributed by atoms with Crippen LogP contribution in [0.1, 0.15) is 37.7 Å². The van der Waals surface area contributed by atoms with Gasteiger partial charge in [0, 0.05) is 31.5 Å². The average Bonchev–Trinajstić information content (AvgIpc) is 2.99. The first-order chi connectivity index (χ1) is 11.2. The van der Waals surface area contributed by atoms with Crippen molar-refractivity contribution < 1.29 is 9.53 Å². The molecule has 0 saturated carbocycles. The van der Waals surface area contributed by atoms with Crippen molar-refractivity contribution in [1.29, 1.82) is 0 Å². The third-order valence-electron chi connectivity index (χ3n) is 5.37. The number of ether oxygens (including phenoxy) is 1. The van der Waals surface area contributed by atoms with Crippen molar-refractivity contribution in [2.75, 3.05) is 33.3 Å². The molecule has 2 aliphatic rings. The van der Waals surface area contributed by atoms with Gasteiger partial charge in [-0.2, -0.15) is 0 Å². The number of piperidine rings is 1. The lowest BCUT2D eigenvalue weighted by atomic mass is 9.80. The molecular formula is C19H28N2O2. The average molecular weight is 316 g/mol. The fourth-order valence-corrected chi connectivity index (χ4v) is 3.92. The number of carbonyl (C=O) groups is 1. The van der Waals surface area contributed by atoms with Crippen molar-refractivity contribution in [3.8, 4) is 5.75 Å². The Morgan fingerprint density at radius 1 is 1.30 bits per heavy atom. The molecule has 4 nitrogen and oxygen atoms in total. The minimum Gasteiger partial charge on any atom is -0.497 e. The Bertz CT molecular complexity index is 521. The van der Waals surface area contributed by atoms with E-state index in [0.29, 0.717) is 17.7 Å². The highest BCUT2D eigenvalue weighted by molar-refractivity contribution is 5.76. The molecule has 2 heterocycles. The summed E-state index contributed by atoms with van der Waals surface area (Å²) in [4.78, 5) is 14.5. The van der Waals surface area contributed by atoms with Crippen molar-refractivity contribution in [3.63, 3.8) is 0 Å². The quantitative estimate of drug-likeness (QED) is 0.908. The highest BCUT2D eigenvalue weighted by Gasteiger charge is 2.40. The number of aryl methyl sites for hydroxylation is 1. The molecule has 23 heavy (non-hydrogen) atoms. The maximum Gasteiger partial charge on any atom is 0.222 e. The lowest BCUT2D eigenvalue weighted by Gasteiger charge is -2.33. The minimum absolute atomic E-state index is 0.334. The van der Waals surface area contributed by atoms with Crippen LogP contribution in [0.15, 0.2) is 24.3 Å². The van der Waals surface area contributed by atoms with E-state index in [1.54, 1.807) is 7.11 Å². The van der Waals surface area contributed by atoms with Crippen LogP contribution in [0.25, 0.3) is 0 Å². The Hall–Kier alpha value is -1.55. The summed E-state index contributed by atoms with van der Waals surface area (Å²) in [7, 11) is 1.68. The number of likely N-dealkylation sites (tertiary alicyclic amines) is 1. The second-order valence-electron chi connectivity index (χ2n) is 7.05. The molecule has 1 atom stereocenters. The van der Waals surface area contributed by atoms with Gasteiger partial charge in [0.05, 0.1) is 7.11 Å². The van der Waals surface area contributed by atoms with Gasteiger partial charge in [0.1, 0.15) is 5.75 Å². The first-order valence-electron chi connectivity index (χ1n) is 8.82. The van der Waals surface area contributed by atoms with E-state index in [1.165, 1.54) is 24.8 Å². The van der Waals surface area contributed by atoms with E-state index in [2.05, 4.69) is 22.3 Å². The molecular weight excluding hydrogens is 288 g/mol. The molecule has 0 aromatic heterocycles. The van der Waals surface area contributed by atoms with Crippen LogP contribution in [-0.2, 0) is 11.2 Å². The lowest BCUT2D eigenvalue weighted by molar-refractivity contribution is -0.130. The second-order valence-corrected chi connectivity index (χ2v) is 7.05. The van der Waals surface area contributed by atoms with Crippen LogP contribution in [-0.4, -0.2) is 44.1 Å². The van der Waals surface area contributed by atoms with Crippen LogP contribution in [0.4, 0.5) is 0 Å². The number of benzene rings is 1. The van der Waals surface area contributed by atoms with E-state index in [9.17, 15) is 4.79 Å². The third kappa shape index (κ3) is 4.05. The number of nitrogens with one attached hydrogen (secondary N) is 1. The zero-order valence-electron chi connectivity index (χ0n) is 14.1. The molecule has 0 aliphatic carbocycles. The smallest absolute Gasteiger partial charge is 0.222 e. The minimum atomic E-state index is 0.334. The van der Waals surface area contributed by atoms with Gasteiger partial charge < -0.3 is 15.0 Å². The van der Waals surface area contributed by atoms with Gasteiger partial charge in [0.25, 0.3) is 0 Å². The number of hydrogen-bond donors (Lipinski definition) is 1. The molecule has 0 bridgehead atoms. The number of carbonyl (C=O) groups excluding carboxylic acids is 1. The molecule has 2 saturated heterocycles. The van der Waals surface area contributed by atoms with E-state index in [4.69, 9.17) is 4.74 Å². The van der Waals surface area contributed by atoms with Crippen LogP contribution in [0, 0.1) is 5.41 Å². The van der Waals surface area contributed by atoms with Gasteiger partial charge in [-0.3, -0.25) is 4.79 Å². The Morgan fingerprint density at radius 3 is 2.83 bits per heavy atom. The molecule has 1 spiro atoms. The van der Waals surface area contributed by atoms with Crippen molar-refractivity contribution in [3.05, 3.63) is 29.8 Å². The number of rotatable bonds is 5. The predicted molar refractivity (Wildman–Crippen MR) is 91.7 cm³/mol. The molecule has 1 aromatic rings. The Kier molecular flexibility index (Phi) is 5.21. The van der Waals surface area contributed by atoms with E-state index in [1.807, 2.05) is 12.1 Å². The predicted octanol–water partition coefficient (Wildman–Crippen LogP) is 2.62. The van der Waals surface area contributed by atoms with Gasteiger partial charge in [-0.25, -0.2) is 0 Å². The van der Waals surface area contributed by atoms with Gasteiger partial charge in [0.2, 0.25) is 5.91 Å². The molecule has 2 fully saturated rings. The Labute approximate surface area is 139 Å². The summed E-state index contributed by atoms with van der Waals surface area (Å²) in [5.41, 5.74) is 1.64. The van der Waals surface area contributed by atoms with Gasteiger partial charge in [-0.05, 0) is 56.3 Å². The molecule has 126 valence electrons.